The van der Waals surface area contributed by atoms with Gasteiger partial charge in [0.15, 0.2) is 15.8 Å². The van der Waals surface area contributed by atoms with Crippen molar-refractivity contribution in [2.24, 2.45) is 0 Å². The fraction of sp³-hybridized carbons (Fsp3) is 0.320. The molecule has 2 aliphatic heterocycles. The van der Waals surface area contributed by atoms with Gasteiger partial charge in [0, 0.05) is 6.92 Å². The predicted molar refractivity (Wildman–Crippen MR) is 143 cm³/mol. The molecule has 2 fully saturated rings. The molecule has 4 rings (SSSR count). The van der Waals surface area contributed by atoms with Crippen molar-refractivity contribution in [3.05, 3.63) is 52.9 Å². The number of thiocarbonyl (C=S) groups is 1. The molecule has 2 amide bonds. The summed E-state index contributed by atoms with van der Waals surface area (Å²) in [6.45, 7) is 0.664. The van der Waals surface area contributed by atoms with Gasteiger partial charge >= 0.3 is 0 Å². The van der Waals surface area contributed by atoms with E-state index >= 15 is 0 Å². The summed E-state index contributed by atoms with van der Waals surface area (Å²) >= 11 is 6.51. The SMILES string of the molecule is COc1cc(C=C2SC(=S)N(c3ccc(O)cc3)C2=O)ccc1O[C@@H]1O[C@H](CO)[C@@H](O)[C@H](O)[C@H]1NC(C)=O. The average Bonchev–Trinajstić information content (AvgIpc) is 3.17. The molecule has 0 unspecified atom stereocenters. The number of carbonyl (C=O) groups excluding carboxylic acids is 2. The average molecular weight is 563 g/mol. The maximum atomic E-state index is 13.0. The van der Waals surface area contributed by atoms with E-state index in [9.17, 15) is 30.0 Å². The molecule has 38 heavy (non-hydrogen) atoms. The largest absolute Gasteiger partial charge is 0.508 e. The number of hydrogen-bond donors (Lipinski definition) is 5. The quantitative estimate of drug-likeness (QED) is 0.243. The van der Waals surface area contributed by atoms with Gasteiger partial charge in [0.1, 0.15) is 30.1 Å². The first-order valence-electron chi connectivity index (χ1n) is 11.4. The standard InChI is InChI=1S/C25H26N2O9S2/c1-12(29)26-20-22(32)21(31)18(11-28)36-24(20)35-16-8-3-13(9-17(16)34-2)10-19-23(33)27(25(37)38-19)14-4-6-15(30)7-5-14/h3-10,18,20-22,24,28,30-32H,11H2,1-2H3,(H,26,29)/t18-,20-,21-,22-,24-/m1/s1. The van der Waals surface area contributed by atoms with Crippen LogP contribution < -0.4 is 19.7 Å². The zero-order valence-corrected chi connectivity index (χ0v) is 21.9. The summed E-state index contributed by atoms with van der Waals surface area (Å²) in [6, 6.07) is 9.84. The van der Waals surface area contributed by atoms with Gasteiger partial charge in [-0.25, -0.2) is 0 Å². The third-order valence-corrected chi connectivity index (χ3v) is 7.18. The third kappa shape index (κ3) is 5.77. The summed E-state index contributed by atoms with van der Waals surface area (Å²) in [5.41, 5.74) is 1.14. The molecule has 0 aromatic heterocycles. The Morgan fingerprint density at radius 3 is 2.53 bits per heavy atom. The van der Waals surface area contributed by atoms with Crippen molar-refractivity contribution >= 4 is 51.9 Å². The zero-order chi connectivity index (χ0) is 27.6. The highest BCUT2D eigenvalue weighted by atomic mass is 32.2. The number of carbonyl (C=O) groups is 2. The van der Waals surface area contributed by atoms with Gasteiger partial charge in [-0.15, -0.1) is 0 Å². The van der Waals surface area contributed by atoms with E-state index in [1.165, 1.54) is 31.1 Å². The van der Waals surface area contributed by atoms with Crippen molar-refractivity contribution in [2.45, 2.75) is 37.6 Å². The summed E-state index contributed by atoms with van der Waals surface area (Å²) in [5.74, 6) is -0.265. The number of aliphatic hydroxyl groups excluding tert-OH is 3. The Hall–Kier alpha value is -3.20. The normalized spacial score (nSPS) is 26.5. The number of rotatable bonds is 7. The van der Waals surface area contributed by atoms with Crippen LogP contribution in [-0.2, 0) is 14.3 Å². The molecule has 2 aromatic carbocycles. The van der Waals surface area contributed by atoms with Gasteiger partial charge in [0.2, 0.25) is 12.2 Å². The predicted octanol–water partition coefficient (Wildman–Crippen LogP) is 1.13. The van der Waals surface area contributed by atoms with Crippen LogP contribution in [0.25, 0.3) is 6.08 Å². The lowest BCUT2D eigenvalue weighted by Gasteiger charge is -2.42. The van der Waals surface area contributed by atoms with Crippen molar-refractivity contribution < 1.29 is 44.2 Å². The van der Waals surface area contributed by atoms with Gasteiger partial charge < -0.3 is 40.0 Å². The molecule has 0 aliphatic carbocycles. The van der Waals surface area contributed by atoms with Crippen LogP contribution in [0, 0.1) is 0 Å². The molecule has 0 saturated carbocycles. The molecule has 0 bridgehead atoms. The number of hydrogen-bond acceptors (Lipinski definition) is 11. The number of phenolic OH excluding ortho intramolecular Hbond substituents is 1. The first-order chi connectivity index (χ1) is 18.1. The number of nitrogens with one attached hydrogen (secondary N) is 1. The van der Waals surface area contributed by atoms with E-state index in [1.54, 1.807) is 36.4 Å². The van der Waals surface area contributed by atoms with Gasteiger partial charge in [0.25, 0.3) is 5.91 Å². The highest BCUT2D eigenvalue weighted by molar-refractivity contribution is 8.27. The van der Waals surface area contributed by atoms with Crippen LogP contribution in [0.2, 0.25) is 0 Å². The number of ether oxygens (including phenoxy) is 3. The van der Waals surface area contributed by atoms with Crippen LogP contribution in [0.1, 0.15) is 12.5 Å². The molecule has 5 N–H and O–H groups in total. The fourth-order valence-corrected chi connectivity index (χ4v) is 5.31. The van der Waals surface area contributed by atoms with Crippen molar-refractivity contribution in [2.75, 3.05) is 18.6 Å². The van der Waals surface area contributed by atoms with Crippen LogP contribution in [0.5, 0.6) is 17.2 Å². The number of phenols is 1. The van der Waals surface area contributed by atoms with Crippen molar-refractivity contribution in [3.8, 4) is 17.2 Å². The lowest BCUT2D eigenvalue weighted by atomic mass is 9.97. The Bertz CT molecular complexity index is 1250. The number of aromatic hydroxyl groups is 1. The maximum absolute atomic E-state index is 13.0. The van der Waals surface area contributed by atoms with Gasteiger partial charge in [-0.1, -0.05) is 30.0 Å². The highest BCUT2D eigenvalue weighted by Crippen LogP contribution is 2.38. The maximum Gasteiger partial charge on any atom is 0.270 e. The molecule has 11 nitrogen and oxygen atoms in total. The van der Waals surface area contributed by atoms with Gasteiger partial charge in [0.05, 0.1) is 24.3 Å². The molecule has 0 spiro atoms. The minimum atomic E-state index is -1.46. The topological polar surface area (TPSA) is 158 Å². The van der Waals surface area contributed by atoms with Crippen LogP contribution in [0.15, 0.2) is 47.4 Å². The Kier molecular flexibility index (Phi) is 8.55. The van der Waals surface area contributed by atoms with Crippen LogP contribution >= 0.6 is 24.0 Å². The lowest BCUT2D eigenvalue weighted by molar-refractivity contribution is -0.244. The number of amides is 2. The Morgan fingerprint density at radius 1 is 1.18 bits per heavy atom. The number of methoxy groups -OCH3 is 1. The van der Waals surface area contributed by atoms with E-state index in [2.05, 4.69) is 5.32 Å². The summed E-state index contributed by atoms with van der Waals surface area (Å²) in [6.07, 6.45) is -3.65. The molecular weight excluding hydrogens is 536 g/mol. The van der Waals surface area contributed by atoms with Gasteiger partial charge in [-0.2, -0.15) is 0 Å². The van der Waals surface area contributed by atoms with Crippen LogP contribution in [-0.4, -0.2) is 80.9 Å². The molecule has 5 atom stereocenters. The summed E-state index contributed by atoms with van der Waals surface area (Å²) in [7, 11) is 1.42. The second kappa shape index (κ2) is 11.7. The Labute approximate surface area is 227 Å². The lowest BCUT2D eigenvalue weighted by Crippen LogP contribution is -2.65. The van der Waals surface area contributed by atoms with Crippen LogP contribution in [0.3, 0.4) is 0 Å². The molecule has 2 saturated heterocycles. The van der Waals surface area contributed by atoms with E-state index in [0.717, 1.165) is 11.8 Å². The van der Waals surface area contributed by atoms with Gasteiger partial charge in [-0.05, 0) is 48.0 Å². The summed E-state index contributed by atoms with van der Waals surface area (Å²) < 4.78 is 17.3. The minimum absolute atomic E-state index is 0.0729. The molecule has 0 radical (unpaired) electrons. The number of anilines is 1. The molecule has 2 aliphatic rings. The van der Waals surface area contributed by atoms with E-state index in [-0.39, 0.29) is 23.2 Å². The monoisotopic (exact) mass is 562 g/mol. The second-order valence-corrected chi connectivity index (χ2v) is 10.2. The van der Waals surface area contributed by atoms with E-state index < -0.39 is 43.2 Å². The minimum Gasteiger partial charge on any atom is -0.508 e. The number of benzene rings is 2. The molecular formula is C25H26N2O9S2. The fourth-order valence-electron chi connectivity index (χ4n) is 4.01. The first-order valence-corrected chi connectivity index (χ1v) is 12.7. The summed E-state index contributed by atoms with van der Waals surface area (Å²) in [5, 5.41) is 42.2. The first kappa shape index (κ1) is 27.8. The second-order valence-electron chi connectivity index (χ2n) is 8.49. The Morgan fingerprint density at radius 2 is 1.89 bits per heavy atom. The number of aliphatic hydroxyl groups is 3. The molecule has 2 heterocycles. The van der Waals surface area contributed by atoms with E-state index in [1.807, 2.05) is 0 Å². The molecule has 2 aromatic rings. The van der Waals surface area contributed by atoms with Crippen molar-refractivity contribution in [1.82, 2.24) is 5.32 Å². The van der Waals surface area contributed by atoms with Gasteiger partial charge in [-0.3, -0.25) is 14.5 Å². The number of nitrogens with zero attached hydrogens (tertiary/aromatic N) is 1. The Balaban J connectivity index is 1.57. The molecule has 13 heteroatoms. The van der Waals surface area contributed by atoms with Crippen molar-refractivity contribution in [1.29, 1.82) is 0 Å². The third-order valence-electron chi connectivity index (χ3n) is 5.88. The number of thioether (sulfide) groups is 1. The zero-order valence-electron chi connectivity index (χ0n) is 20.3. The van der Waals surface area contributed by atoms with E-state index in [0.29, 0.717) is 20.5 Å². The van der Waals surface area contributed by atoms with E-state index in [4.69, 9.17) is 26.4 Å². The van der Waals surface area contributed by atoms with Crippen molar-refractivity contribution in [3.63, 3.8) is 0 Å². The molecule has 202 valence electrons. The highest BCUT2D eigenvalue weighted by Gasteiger charge is 2.46. The summed E-state index contributed by atoms with van der Waals surface area (Å²) in [4.78, 5) is 26.5. The van der Waals surface area contributed by atoms with Crippen LogP contribution in [0.4, 0.5) is 5.69 Å². The smallest absolute Gasteiger partial charge is 0.270 e.